The zero-order valence-electron chi connectivity index (χ0n) is 19.2. The lowest BCUT2D eigenvalue weighted by Gasteiger charge is -2.26. The second-order valence-corrected chi connectivity index (χ2v) is 7.94. The third kappa shape index (κ3) is 4.49. The number of aliphatic hydroxyl groups is 1. The van der Waals surface area contributed by atoms with E-state index in [9.17, 15) is 27.9 Å². The monoisotopic (exact) mass is 498 g/mol. The van der Waals surface area contributed by atoms with Crippen LogP contribution in [-0.4, -0.2) is 40.9 Å². The molecule has 2 heterocycles. The van der Waals surface area contributed by atoms with Crippen LogP contribution < -0.4 is 9.47 Å². The minimum atomic E-state index is -4.57. The number of carbonyl (C=O) groups excluding carboxylic acids is 2. The van der Waals surface area contributed by atoms with Gasteiger partial charge in [0.1, 0.15) is 22.8 Å². The van der Waals surface area contributed by atoms with Gasteiger partial charge in [-0.05, 0) is 47.5 Å². The van der Waals surface area contributed by atoms with Crippen molar-refractivity contribution in [3.8, 4) is 11.5 Å². The summed E-state index contributed by atoms with van der Waals surface area (Å²) in [6, 6.07) is 11.3. The van der Waals surface area contributed by atoms with Gasteiger partial charge < -0.3 is 19.5 Å². The number of amides is 1. The molecule has 0 bridgehead atoms. The fraction of sp³-hybridized carbons (Fsp3) is 0.192. The molecule has 4 rings (SSSR count). The number of nitrogens with zero attached hydrogens (tertiary/aromatic N) is 2. The molecule has 1 aromatic heterocycles. The van der Waals surface area contributed by atoms with Crippen LogP contribution in [-0.2, 0) is 22.3 Å². The van der Waals surface area contributed by atoms with Crippen molar-refractivity contribution in [3.63, 3.8) is 0 Å². The Hall–Kier alpha value is -4.34. The first kappa shape index (κ1) is 24.8. The van der Waals surface area contributed by atoms with Crippen molar-refractivity contribution in [2.24, 2.45) is 0 Å². The number of hydrogen-bond acceptors (Lipinski definition) is 6. The topological polar surface area (TPSA) is 89.0 Å². The summed E-state index contributed by atoms with van der Waals surface area (Å²) in [7, 11) is 2.75. The van der Waals surface area contributed by atoms with E-state index in [1.165, 1.54) is 38.7 Å². The summed E-state index contributed by atoms with van der Waals surface area (Å²) in [5.74, 6) is -2.09. The maximum Gasteiger partial charge on any atom is 0.416 e. The Morgan fingerprint density at radius 2 is 1.61 bits per heavy atom. The van der Waals surface area contributed by atoms with Gasteiger partial charge in [-0.2, -0.15) is 13.2 Å². The zero-order valence-corrected chi connectivity index (χ0v) is 19.2. The lowest BCUT2D eigenvalue weighted by Crippen LogP contribution is -2.29. The Morgan fingerprint density at radius 3 is 2.19 bits per heavy atom. The number of carbonyl (C=O) groups is 2. The normalized spacial score (nSPS) is 17.4. The molecule has 1 unspecified atom stereocenters. The second-order valence-electron chi connectivity index (χ2n) is 7.94. The molecule has 1 amide bonds. The number of likely N-dealkylation sites (tertiary alicyclic amines) is 1. The minimum Gasteiger partial charge on any atom is -0.506 e. The van der Waals surface area contributed by atoms with E-state index in [4.69, 9.17) is 9.47 Å². The molecule has 36 heavy (non-hydrogen) atoms. The number of ether oxygens (including phenoxy) is 2. The molecule has 0 saturated carbocycles. The summed E-state index contributed by atoms with van der Waals surface area (Å²) in [6.07, 6.45) is -1.68. The summed E-state index contributed by atoms with van der Waals surface area (Å²) in [4.78, 5) is 31.5. The first-order valence-corrected chi connectivity index (χ1v) is 10.7. The molecule has 1 aliphatic rings. The van der Waals surface area contributed by atoms with Crippen molar-refractivity contribution in [2.45, 2.75) is 18.8 Å². The lowest BCUT2D eigenvalue weighted by molar-refractivity contribution is -0.140. The van der Waals surface area contributed by atoms with Crippen molar-refractivity contribution in [2.75, 3.05) is 14.2 Å². The Morgan fingerprint density at radius 1 is 1.00 bits per heavy atom. The van der Waals surface area contributed by atoms with Crippen molar-refractivity contribution >= 4 is 17.4 Å². The van der Waals surface area contributed by atoms with E-state index in [2.05, 4.69) is 4.98 Å². The Balaban J connectivity index is 1.89. The molecule has 1 aliphatic heterocycles. The molecule has 1 atom stereocenters. The van der Waals surface area contributed by atoms with E-state index in [1.54, 1.807) is 30.3 Å². The van der Waals surface area contributed by atoms with E-state index in [-0.39, 0.29) is 34.7 Å². The van der Waals surface area contributed by atoms with Crippen molar-refractivity contribution < 1.29 is 37.3 Å². The average molecular weight is 498 g/mol. The van der Waals surface area contributed by atoms with Crippen LogP contribution in [0.4, 0.5) is 13.2 Å². The van der Waals surface area contributed by atoms with Gasteiger partial charge in [-0.25, -0.2) is 0 Å². The zero-order chi connectivity index (χ0) is 26.0. The molecule has 0 aliphatic carbocycles. The van der Waals surface area contributed by atoms with Gasteiger partial charge in [0, 0.05) is 18.9 Å². The predicted molar refractivity (Wildman–Crippen MR) is 123 cm³/mol. The van der Waals surface area contributed by atoms with Gasteiger partial charge in [-0.3, -0.25) is 14.6 Å². The van der Waals surface area contributed by atoms with E-state index in [1.807, 2.05) is 0 Å². The highest BCUT2D eigenvalue weighted by molar-refractivity contribution is 6.46. The van der Waals surface area contributed by atoms with Crippen LogP contribution in [0, 0.1) is 0 Å². The van der Waals surface area contributed by atoms with Crippen LogP contribution in [0.15, 0.2) is 72.6 Å². The third-order valence-corrected chi connectivity index (χ3v) is 5.83. The highest BCUT2D eigenvalue weighted by atomic mass is 19.4. The highest BCUT2D eigenvalue weighted by Crippen LogP contribution is 2.44. The molecule has 1 saturated heterocycles. The molecular formula is C26H21F3N2O5. The van der Waals surface area contributed by atoms with Gasteiger partial charge in [0.2, 0.25) is 0 Å². The van der Waals surface area contributed by atoms with Crippen LogP contribution in [0.25, 0.3) is 5.76 Å². The molecule has 0 spiro atoms. The first-order chi connectivity index (χ1) is 17.2. The summed E-state index contributed by atoms with van der Waals surface area (Å²) < 4.78 is 50.4. The fourth-order valence-corrected chi connectivity index (χ4v) is 4.20. The number of Topliss-reactive ketones (excluding diaryl/α,β-unsaturated/α-hetero) is 1. The molecular weight excluding hydrogens is 477 g/mol. The van der Waals surface area contributed by atoms with Crippen molar-refractivity contribution in [3.05, 3.63) is 94.8 Å². The number of halogens is 3. The number of alkyl halides is 3. The molecule has 7 nitrogen and oxygen atoms in total. The van der Waals surface area contributed by atoms with Gasteiger partial charge in [0.25, 0.3) is 11.7 Å². The van der Waals surface area contributed by atoms with E-state index >= 15 is 0 Å². The molecule has 0 radical (unpaired) electrons. The molecule has 10 heteroatoms. The number of aliphatic hydroxyl groups excluding tert-OH is 1. The van der Waals surface area contributed by atoms with E-state index in [0.29, 0.717) is 5.56 Å². The maximum absolute atomic E-state index is 13.3. The number of ketones is 1. The number of benzene rings is 2. The SMILES string of the molecule is COc1cccc(OC)c1/C(O)=C1\C(=O)C(=O)N(Cc2cccc(C(F)(F)F)c2)C1c1ccncc1. The van der Waals surface area contributed by atoms with Gasteiger partial charge in [-0.1, -0.05) is 18.2 Å². The van der Waals surface area contributed by atoms with Crippen LogP contribution in [0.3, 0.4) is 0 Å². The Bertz CT molecular complexity index is 1320. The maximum atomic E-state index is 13.3. The predicted octanol–water partition coefficient (Wildman–Crippen LogP) is 4.74. The average Bonchev–Trinajstić information content (AvgIpc) is 3.12. The number of aromatic nitrogens is 1. The largest absolute Gasteiger partial charge is 0.506 e. The van der Waals surface area contributed by atoms with Crippen LogP contribution in [0.2, 0.25) is 0 Å². The second kappa shape index (κ2) is 9.73. The number of hydrogen-bond donors (Lipinski definition) is 1. The van der Waals surface area contributed by atoms with Gasteiger partial charge in [-0.15, -0.1) is 0 Å². The Kier molecular flexibility index (Phi) is 6.69. The molecule has 3 aromatic rings. The van der Waals surface area contributed by atoms with Crippen molar-refractivity contribution in [1.82, 2.24) is 9.88 Å². The van der Waals surface area contributed by atoms with Crippen LogP contribution in [0.1, 0.15) is 28.3 Å². The summed E-state index contributed by atoms with van der Waals surface area (Å²) in [5.41, 5.74) is -0.456. The standard InChI is InChI=1S/C26H21F3N2O5/c1-35-18-7-4-8-19(36-2)20(18)23(32)21-22(16-9-11-30-12-10-16)31(25(34)24(21)33)14-15-5-3-6-17(13-15)26(27,28)29/h3-13,22,32H,14H2,1-2H3/b23-21+. The quantitative estimate of drug-likeness (QED) is 0.300. The summed E-state index contributed by atoms with van der Waals surface area (Å²) in [5, 5.41) is 11.4. The summed E-state index contributed by atoms with van der Waals surface area (Å²) in [6.45, 7) is -0.304. The van der Waals surface area contributed by atoms with Crippen LogP contribution in [0.5, 0.6) is 11.5 Å². The van der Waals surface area contributed by atoms with Gasteiger partial charge in [0.15, 0.2) is 0 Å². The number of rotatable bonds is 6. The minimum absolute atomic E-state index is 0.0682. The number of methoxy groups -OCH3 is 2. The summed E-state index contributed by atoms with van der Waals surface area (Å²) >= 11 is 0. The Labute approximate surface area is 204 Å². The van der Waals surface area contributed by atoms with E-state index < -0.39 is 35.2 Å². The molecule has 2 aromatic carbocycles. The molecule has 1 N–H and O–H groups in total. The van der Waals surface area contributed by atoms with Gasteiger partial charge >= 0.3 is 6.18 Å². The number of pyridine rings is 1. The third-order valence-electron chi connectivity index (χ3n) is 5.83. The smallest absolute Gasteiger partial charge is 0.416 e. The van der Waals surface area contributed by atoms with E-state index in [0.717, 1.165) is 17.0 Å². The van der Waals surface area contributed by atoms with Crippen molar-refractivity contribution in [1.29, 1.82) is 0 Å². The first-order valence-electron chi connectivity index (χ1n) is 10.7. The fourth-order valence-electron chi connectivity index (χ4n) is 4.20. The molecule has 1 fully saturated rings. The highest BCUT2D eigenvalue weighted by Gasteiger charge is 2.46. The van der Waals surface area contributed by atoms with Crippen LogP contribution >= 0.6 is 0 Å². The molecule has 186 valence electrons. The van der Waals surface area contributed by atoms with Gasteiger partial charge in [0.05, 0.1) is 31.4 Å². The lowest BCUT2D eigenvalue weighted by atomic mass is 9.95.